The van der Waals surface area contributed by atoms with Crippen molar-refractivity contribution in [2.45, 2.75) is 26.8 Å². The van der Waals surface area contributed by atoms with Crippen LogP contribution in [0.1, 0.15) is 36.2 Å². The summed E-state index contributed by atoms with van der Waals surface area (Å²) in [5, 5.41) is 3.24. The number of methoxy groups -OCH3 is 1. The van der Waals surface area contributed by atoms with Crippen molar-refractivity contribution in [3.63, 3.8) is 0 Å². The summed E-state index contributed by atoms with van der Waals surface area (Å²) in [6.07, 6.45) is 5.32. The van der Waals surface area contributed by atoms with Gasteiger partial charge in [-0.2, -0.15) is 0 Å². The molecule has 30 heavy (non-hydrogen) atoms. The largest absolute Gasteiger partial charge is 0.497 e. The molecule has 156 valence electrons. The van der Waals surface area contributed by atoms with Crippen molar-refractivity contribution >= 4 is 22.6 Å². The van der Waals surface area contributed by atoms with Gasteiger partial charge in [0.2, 0.25) is 11.3 Å². The zero-order valence-electron chi connectivity index (χ0n) is 17.3. The number of aromatic nitrogens is 2. The van der Waals surface area contributed by atoms with Crippen LogP contribution in [0.5, 0.6) is 5.75 Å². The maximum atomic E-state index is 13.0. The van der Waals surface area contributed by atoms with E-state index in [9.17, 15) is 14.4 Å². The van der Waals surface area contributed by atoms with E-state index in [4.69, 9.17) is 4.74 Å². The predicted molar refractivity (Wildman–Crippen MR) is 115 cm³/mol. The number of ketones is 1. The van der Waals surface area contributed by atoms with Crippen LogP contribution in [-0.4, -0.2) is 34.9 Å². The third-order valence-corrected chi connectivity index (χ3v) is 4.83. The number of nitrogens with one attached hydrogen (secondary N) is 1. The van der Waals surface area contributed by atoms with E-state index >= 15 is 0 Å². The van der Waals surface area contributed by atoms with Crippen LogP contribution in [0, 0.1) is 5.92 Å². The number of hydrogen-bond donors (Lipinski definition) is 1. The minimum atomic E-state index is -0.408. The topological polar surface area (TPSA) is 90.3 Å². The lowest BCUT2D eigenvalue weighted by Gasteiger charge is -2.14. The van der Waals surface area contributed by atoms with E-state index in [1.54, 1.807) is 34.9 Å². The smallest absolute Gasteiger partial charge is 0.239 e. The first-order chi connectivity index (χ1) is 14.4. The van der Waals surface area contributed by atoms with Crippen molar-refractivity contribution in [1.29, 1.82) is 0 Å². The van der Waals surface area contributed by atoms with Crippen molar-refractivity contribution in [2.75, 3.05) is 13.7 Å². The predicted octanol–water partition coefficient (Wildman–Crippen LogP) is 2.80. The number of fused-ring (bicyclic) bond motifs is 1. The van der Waals surface area contributed by atoms with Gasteiger partial charge in [-0.1, -0.05) is 13.8 Å². The molecule has 2 aromatic heterocycles. The van der Waals surface area contributed by atoms with Gasteiger partial charge in [-0.25, -0.2) is 0 Å². The summed E-state index contributed by atoms with van der Waals surface area (Å²) >= 11 is 0. The Morgan fingerprint density at radius 2 is 1.90 bits per heavy atom. The minimum absolute atomic E-state index is 0.00819. The molecule has 0 fully saturated rings. The van der Waals surface area contributed by atoms with Crippen molar-refractivity contribution in [2.24, 2.45) is 5.92 Å². The molecule has 3 rings (SSSR count). The average Bonchev–Trinajstić information content (AvgIpc) is 2.75. The quantitative estimate of drug-likeness (QED) is 0.580. The molecule has 0 saturated carbocycles. The van der Waals surface area contributed by atoms with E-state index < -0.39 is 5.78 Å². The fourth-order valence-electron chi connectivity index (χ4n) is 3.16. The van der Waals surface area contributed by atoms with Crippen LogP contribution in [-0.2, 0) is 11.3 Å². The summed E-state index contributed by atoms with van der Waals surface area (Å²) < 4.78 is 6.89. The molecule has 0 radical (unpaired) electrons. The van der Waals surface area contributed by atoms with Crippen LogP contribution in [0.15, 0.2) is 53.7 Å². The normalized spacial score (nSPS) is 10.9. The van der Waals surface area contributed by atoms with Crippen molar-refractivity contribution in [1.82, 2.24) is 14.9 Å². The Labute approximate surface area is 174 Å². The molecule has 0 aliphatic heterocycles. The summed E-state index contributed by atoms with van der Waals surface area (Å²) in [6.45, 7) is 4.73. The molecule has 0 spiro atoms. The summed E-state index contributed by atoms with van der Waals surface area (Å²) in [5.74, 6) is 0.441. The number of pyridine rings is 2. The van der Waals surface area contributed by atoms with Crippen molar-refractivity contribution < 1.29 is 14.3 Å². The van der Waals surface area contributed by atoms with E-state index in [2.05, 4.69) is 24.1 Å². The number of nitrogens with zero attached hydrogens (tertiary/aromatic N) is 2. The Morgan fingerprint density at radius 3 is 2.57 bits per heavy atom. The van der Waals surface area contributed by atoms with Crippen molar-refractivity contribution in [3.8, 4) is 5.75 Å². The van der Waals surface area contributed by atoms with Gasteiger partial charge in [0.05, 0.1) is 18.2 Å². The summed E-state index contributed by atoms with van der Waals surface area (Å²) in [4.78, 5) is 42.4. The second-order valence-corrected chi connectivity index (χ2v) is 7.48. The molecule has 3 aromatic rings. The van der Waals surface area contributed by atoms with Gasteiger partial charge in [-0.3, -0.25) is 19.4 Å². The Kier molecular flexibility index (Phi) is 6.61. The first-order valence-electron chi connectivity index (χ1n) is 9.83. The highest BCUT2D eigenvalue weighted by Gasteiger charge is 2.18. The monoisotopic (exact) mass is 407 g/mol. The minimum Gasteiger partial charge on any atom is -0.497 e. The maximum absolute atomic E-state index is 13.0. The number of amides is 1. The van der Waals surface area contributed by atoms with E-state index in [0.29, 0.717) is 34.7 Å². The summed E-state index contributed by atoms with van der Waals surface area (Å²) in [7, 11) is 1.53. The number of hydrogen-bond acceptors (Lipinski definition) is 5. The lowest BCUT2D eigenvalue weighted by molar-refractivity contribution is -0.121. The van der Waals surface area contributed by atoms with Crippen LogP contribution in [0.25, 0.3) is 10.9 Å². The zero-order chi connectivity index (χ0) is 21.7. The fourth-order valence-corrected chi connectivity index (χ4v) is 3.16. The number of ether oxygens (including phenoxy) is 1. The van der Waals surface area contributed by atoms with Gasteiger partial charge in [0.1, 0.15) is 12.3 Å². The van der Waals surface area contributed by atoms with Gasteiger partial charge in [-0.05, 0) is 36.6 Å². The molecule has 1 aromatic carbocycles. The van der Waals surface area contributed by atoms with Gasteiger partial charge >= 0.3 is 0 Å². The molecule has 0 saturated heterocycles. The lowest BCUT2D eigenvalue weighted by Crippen LogP contribution is -2.30. The van der Waals surface area contributed by atoms with Crippen LogP contribution >= 0.6 is 0 Å². The molecule has 1 amide bonds. The highest BCUT2D eigenvalue weighted by Crippen LogP contribution is 2.20. The highest BCUT2D eigenvalue weighted by molar-refractivity contribution is 6.10. The van der Waals surface area contributed by atoms with Gasteiger partial charge in [0.25, 0.3) is 0 Å². The third kappa shape index (κ3) is 4.74. The van der Waals surface area contributed by atoms with Crippen LogP contribution in [0.2, 0.25) is 0 Å². The van der Waals surface area contributed by atoms with Crippen LogP contribution < -0.4 is 15.5 Å². The number of carbonyl (C=O) groups excluding carboxylic acids is 2. The van der Waals surface area contributed by atoms with E-state index in [1.807, 2.05) is 0 Å². The lowest BCUT2D eigenvalue weighted by atomic mass is 10.0. The molecule has 7 nitrogen and oxygen atoms in total. The Balaban J connectivity index is 2.04. The molecule has 1 N–H and O–H groups in total. The first kappa shape index (κ1) is 21.2. The van der Waals surface area contributed by atoms with Crippen LogP contribution in [0.4, 0.5) is 0 Å². The summed E-state index contributed by atoms with van der Waals surface area (Å²) in [6, 6.07) is 8.09. The highest BCUT2D eigenvalue weighted by atomic mass is 16.5. The maximum Gasteiger partial charge on any atom is 0.239 e. The van der Waals surface area contributed by atoms with Gasteiger partial charge in [0, 0.05) is 42.2 Å². The van der Waals surface area contributed by atoms with Gasteiger partial charge in [-0.15, -0.1) is 0 Å². The first-order valence-corrected chi connectivity index (χ1v) is 9.83. The standard InChI is InChI=1S/C23H25N3O4/c1-15(2)6-11-25-21(27)14-26-13-19(22(28)16-7-9-24-10-8-16)23(29)18-5-4-17(30-3)12-20(18)26/h4-5,7-10,12-13,15H,6,11,14H2,1-3H3,(H,25,27). The van der Waals surface area contributed by atoms with Gasteiger partial charge < -0.3 is 14.6 Å². The third-order valence-electron chi connectivity index (χ3n) is 4.83. The second-order valence-electron chi connectivity index (χ2n) is 7.48. The number of rotatable bonds is 8. The second kappa shape index (κ2) is 9.35. The molecule has 0 aliphatic carbocycles. The Morgan fingerprint density at radius 1 is 1.17 bits per heavy atom. The number of carbonyl (C=O) groups is 2. The number of benzene rings is 1. The molecule has 7 heteroatoms. The van der Waals surface area contributed by atoms with E-state index in [-0.39, 0.29) is 23.4 Å². The molecule has 0 aliphatic rings. The Bertz CT molecular complexity index is 1120. The Hall–Kier alpha value is -3.48. The average molecular weight is 407 g/mol. The molecular weight excluding hydrogens is 382 g/mol. The molecule has 0 bridgehead atoms. The molecular formula is C23H25N3O4. The van der Waals surface area contributed by atoms with Crippen molar-refractivity contribution in [3.05, 3.63) is 70.3 Å². The van der Waals surface area contributed by atoms with Gasteiger partial charge in [0.15, 0.2) is 5.78 Å². The van der Waals surface area contributed by atoms with E-state index in [1.165, 1.54) is 25.7 Å². The van der Waals surface area contributed by atoms with E-state index in [0.717, 1.165) is 6.42 Å². The summed E-state index contributed by atoms with van der Waals surface area (Å²) in [5.41, 5.74) is 0.521. The molecule has 2 heterocycles. The van der Waals surface area contributed by atoms with Crippen LogP contribution in [0.3, 0.4) is 0 Å². The SMILES string of the molecule is COc1ccc2c(=O)c(C(=O)c3ccncc3)cn(CC(=O)NCCC(C)C)c2c1. The fraction of sp³-hybridized carbons (Fsp3) is 0.304. The zero-order valence-corrected chi connectivity index (χ0v) is 17.3. The molecule has 0 atom stereocenters. The molecule has 0 unspecified atom stereocenters.